The number of nitrogens with zero attached hydrogens (tertiary/aromatic N) is 1. The summed E-state index contributed by atoms with van der Waals surface area (Å²) in [6.07, 6.45) is -3.18. The van der Waals surface area contributed by atoms with Crippen molar-refractivity contribution in [2.75, 3.05) is 23.8 Å². The molecule has 1 amide bonds. The molecule has 0 atom stereocenters. The number of amides is 1. The first-order valence-corrected chi connectivity index (χ1v) is 9.87. The van der Waals surface area contributed by atoms with Crippen molar-refractivity contribution in [3.8, 4) is 5.75 Å². The van der Waals surface area contributed by atoms with Gasteiger partial charge in [-0.15, -0.1) is 0 Å². The topological polar surface area (TPSA) is 107 Å². The van der Waals surface area contributed by atoms with Crippen LogP contribution >= 0.6 is 0 Å². The van der Waals surface area contributed by atoms with Gasteiger partial charge in [-0.25, -0.2) is 9.78 Å². The van der Waals surface area contributed by atoms with Crippen LogP contribution in [0.15, 0.2) is 60.8 Å². The number of hydrogen-bond acceptors (Lipinski definition) is 7. The van der Waals surface area contributed by atoms with Crippen LogP contribution < -0.4 is 15.4 Å². The first-order valence-electron chi connectivity index (χ1n) is 9.87. The summed E-state index contributed by atoms with van der Waals surface area (Å²) in [6.45, 7) is -0.732. The molecule has 1 aromatic heterocycles. The Bertz CT molecular complexity index is 1280. The average Bonchev–Trinajstić information content (AvgIpc) is 2.82. The Morgan fingerprint density at radius 2 is 1.94 bits per heavy atom. The quantitative estimate of drug-likeness (QED) is 0.410. The molecule has 2 heterocycles. The third-order valence-corrected chi connectivity index (χ3v) is 4.75. The highest BCUT2D eigenvalue weighted by Crippen LogP contribution is 2.32. The molecule has 3 aromatic rings. The molecule has 1 aliphatic rings. The number of pyridine rings is 1. The molecule has 0 bridgehead atoms. The van der Waals surface area contributed by atoms with Gasteiger partial charge in [-0.1, -0.05) is 6.07 Å². The second kappa shape index (κ2) is 9.22. The lowest BCUT2D eigenvalue weighted by Crippen LogP contribution is -2.25. The summed E-state index contributed by atoms with van der Waals surface area (Å²) in [5.74, 6) is -1.42. The van der Waals surface area contributed by atoms with E-state index in [0.29, 0.717) is 11.4 Å². The molecule has 0 unspecified atom stereocenters. The highest BCUT2D eigenvalue weighted by atomic mass is 19.4. The zero-order chi connectivity index (χ0) is 24.3. The largest absolute Gasteiger partial charge is 0.482 e. The zero-order valence-corrected chi connectivity index (χ0v) is 17.3. The number of esters is 1. The van der Waals surface area contributed by atoms with Gasteiger partial charge in [0.1, 0.15) is 17.1 Å². The molecule has 0 saturated heterocycles. The van der Waals surface area contributed by atoms with Crippen LogP contribution in [0.2, 0.25) is 0 Å². The van der Waals surface area contributed by atoms with Gasteiger partial charge in [0.15, 0.2) is 19.0 Å². The molecular formula is C23H16F3N3O5. The number of ketones is 1. The first kappa shape index (κ1) is 22.8. The highest BCUT2D eigenvalue weighted by Gasteiger charge is 2.30. The summed E-state index contributed by atoms with van der Waals surface area (Å²) in [6, 6.07) is 11.6. The molecule has 0 radical (unpaired) electrons. The maximum absolute atomic E-state index is 13.0. The van der Waals surface area contributed by atoms with E-state index in [1.165, 1.54) is 48.7 Å². The number of ether oxygens (including phenoxy) is 2. The molecule has 0 spiro atoms. The Balaban J connectivity index is 1.45. The van der Waals surface area contributed by atoms with E-state index < -0.39 is 30.1 Å². The van der Waals surface area contributed by atoms with Crippen LogP contribution in [0.1, 0.15) is 26.3 Å². The van der Waals surface area contributed by atoms with Crippen LogP contribution in [0, 0.1) is 0 Å². The summed E-state index contributed by atoms with van der Waals surface area (Å²) in [4.78, 5) is 40.5. The van der Waals surface area contributed by atoms with Crippen LogP contribution in [0.5, 0.6) is 5.75 Å². The summed E-state index contributed by atoms with van der Waals surface area (Å²) < 4.78 is 49.2. The molecule has 4 rings (SSSR count). The smallest absolute Gasteiger partial charge is 0.416 e. The average molecular weight is 471 g/mol. The van der Waals surface area contributed by atoms with Crippen molar-refractivity contribution in [3.63, 3.8) is 0 Å². The number of benzene rings is 2. The fourth-order valence-corrected chi connectivity index (χ4v) is 3.13. The van der Waals surface area contributed by atoms with Crippen LogP contribution in [0.4, 0.5) is 30.4 Å². The van der Waals surface area contributed by atoms with E-state index in [1.54, 1.807) is 0 Å². The molecular weight excluding hydrogens is 455 g/mol. The van der Waals surface area contributed by atoms with E-state index in [4.69, 9.17) is 9.47 Å². The minimum absolute atomic E-state index is 0.0343. The van der Waals surface area contributed by atoms with Gasteiger partial charge >= 0.3 is 12.1 Å². The van der Waals surface area contributed by atoms with Crippen molar-refractivity contribution in [1.29, 1.82) is 0 Å². The molecule has 0 aliphatic carbocycles. The number of anilines is 3. The number of carbonyl (C=O) groups excluding carboxylic acids is 3. The third-order valence-electron chi connectivity index (χ3n) is 4.75. The molecule has 1 aliphatic heterocycles. The minimum atomic E-state index is -4.53. The molecule has 174 valence electrons. The van der Waals surface area contributed by atoms with E-state index >= 15 is 0 Å². The van der Waals surface area contributed by atoms with Crippen LogP contribution in [0.3, 0.4) is 0 Å². The molecule has 0 saturated carbocycles. The van der Waals surface area contributed by atoms with Crippen molar-refractivity contribution >= 4 is 34.9 Å². The second-order valence-corrected chi connectivity index (χ2v) is 7.15. The molecule has 2 aromatic carbocycles. The van der Waals surface area contributed by atoms with Crippen LogP contribution in [0.25, 0.3) is 0 Å². The van der Waals surface area contributed by atoms with Crippen molar-refractivity contribution in [2.24, 2.45) is 0 Å². The Morgan fingerprint density at radius 1 is 1.12 bits per heavy atom. The number of hydrogen-bond donors (Lipinski definition) is 2. The molecule has 8 nitrogen and oxygen atoms in total. The maximum Gasteiger partial charge on any atom is 0.416 e. The normalized spacial score (nSPS) is 12.7. The summed E-state index contributed by atoms with van der Waals surface area (Å²) in [5.41, 5.74) is -0.357. The van der Waals surface area contributed by atoms with Gasteiger partial charge in [0.25, 0.3) is 5.91 Å². The van der Waals surface area contributed by atoms with E-state index in [9.17, 15) is 27.6 Å². The maximum atomic E-state index is 13.0. The summed E-state index contributed by atoms with van der Waals surface area (Å²) in [5, 5.41) is 5.25. The lowest BCUT2D eigenvalue weighted by Gasteiger charge is -2.18. The van der Waals surface area contributed by atoms with E-state index in [2.05, 4.69) is 15.6 Å². The molecule has 11 heteroatoms. The van der Waals surface area contributed by atoms with Crippen molar-refractivity contribution < 1.29 is 37.0 Å². The fraction of sp³-hybridized carbons (Fsp3) is 0.130. The summed E-state index contributed by atoms with van der Waals surface area (Å²) >= 11 is 0. The number of nitrogens with one attached hydrogen (secondary N) is 2. The monoisotopic (exact) mass is 471 g/mol. The fourth-order valence-electron chi connectivity index (χ4n) is 3.13. The third kappa shape index (κ3) is 5.14. The van der Waals surface area contributed by atoms with Gasteiger partial charge in [0, 0.05) is 17.4 Å². The first-order chi connectivity index (χ1) is 16.2. The number of alkyl halides is 3. The van der Waals surface area contributed by atoms with Crippen molar-refractivity contribution in [1.82, 2.24) is 4.98 Å². The van der Waals surface area contributed by atoms with Gasteiger partial charge in [-0.2, -0.15) is 13.2 Å². The van der Waals surface area contributed by atoms with E-state index in [1.807, 2.05) is 0 Å². The predicted molar refractivity (Wildman–Crippen MR) is 114 cm³/mol. The van der Waals surface area contributed by atoms with Gasteiger partial charge < -0.3 is 20.1 Å². The Morgan fingerprint density at radius 3 is 2.74 bits per heavy atom. The standard InChI is InChI=1S/C23H16F3N3O5/c24-23(25,26)14-3-1-4-15(10-14)28-21-16(5-2-8-27-21)22(32)34-11-18(30)13-6-7-19-17(9-13)29-20(31)12-33-19/h1-10H,11-12H2,(H,27,28)(H,29,31). The molecule has 0 fully saturated rings. The second-order valence-electron chi connectivity index (χ2n) is 7.15. The SMILES string of the molecule is O=C1COc2ccc(C(=O)COC(=O)c3cccnc3Nc3cccc(C(F)(F)F)c3)cc2N1. The lowest BCUT2D eigenvalue weighted by molar-refractivity contribution is -0.137. The van der Waals surface area contributed by atoms with Gasteiger partial charge in [0.2, 0.25) is 0 Å². The van der Waals surface area contributed by atoms with Crippen LogP contribution in [-0.2, 0) is 15.7 Å². The van der Waals surface area contributed by atoms with E-state index in [-0.39, 0.29) is 35.1 Å². The Labute approximate surface area is 190 Å². The minimum Gasteiger partial charge on any atom is -0.482 e. The predicted octanol–water partition coefficient (Wildman–Crippen LogP) is 4.21. The van der Waals surface area contributed by atoms with Gasteiger partial charge in [0.05, 0.1) is 11.3 Å². The highest BCUT2D eigenvalue weighted by molar-refractivity contribution is 6.03. The van der Waals surface area contributed by atoms with E-state index in [0.717, 1.165) is 12.1 Å². The number of rotatable bonds is 6. The Hall–Kier alpha value is -4.41. The summed E-state index contributed by atoms with van der Waals surface area (Å²) in [7, 11) is 0. The van der Waals surface area contributed by atoms with Gasteiger partial charge in [-0.3, -0.25) is 9.59 Å². The van der Waals surface area contributed by atoms with Crippen LogP contribution in [-0.4, -0.2) is 35.9 Å². The zero-order valence-electron chi connectivity index (χ0n) is 17.3. The number of carbonyl (C=O) groups is 3. The Kier molecular flexibility index (Phi) is 6.17. The molecule has 2 N–H and O–H groups in total. The van der Waals surface area contributed by atoms with Gasteiger partial charge in [-0.05, 0) is 48.5 Å². The number of aromatic nitrogens is 1. The number of Topliss-reactive ketones (excluding diaryl/α,β-unsaturated/α-hetero) is 1. The number of fused-ring (bicyclic) bond motifs is 1. The molecule has 34 heavy (non-hydrogen) atoms. The van der Waals surface area contributed by atoms with Crippen molar-refractivity contribution in [3.05, 3.63) is 77.5 Å². The van der Waals surface area contributed by atoms with Crippen molar-refractivity contribution in [2.45, 2.75) is 6.18 Å². The number of halogens is 3. The lowest BCUT2D eigenvalue weighted by atomic mass is 10.1.